The molecule has 19 heavy (non-hydrogen) atoms. The number of amides is 1. The second-order valence-electron chi connectivity index (χ2n) is 5.38. The van der Waals surface area contributed by atoms with E-state index >= 15 is 0 Å². The minimum Gasteiger partial charge on any atom is -0.378 e. The molecule has 0 bridgehead atoms. The van der Waals surface area contributed by atoms with E-state index in [0.29, 0.717) is 26.3 Å². The van der Waals surface area contributed by atoms with E-state index in [-0.39, 0.29) is 17.5 Å². The summed E-state index contributed by atoms with van der Waals surface area (Å²) in [5.74, 6) is 1.11. The normalized spacial score (nSPS) is 31.3. The Morgan fingerprint density at radius 1 is 1.58 bits per heavy atom. The lowest BCUT2D eigenvalue weighted by Gasteiger charge is -2.28. The van der Waals surface area contributed by atoms with Gasteiger partial charge in [0.05, 0.1) is 13.2 Å². The van der Waals surface area contributed by atoms with E-state index in [1.54, 1.807) is 11.8 Å². The number of morpholine rings is 1. The number of thioether (sulfide) groups is 1. The fourth-order valence-electron chi connectivity index (χ4n) is 2.10. The van der Waals surface area contributed by atoms with Crippen molar-refractivity contribution in [2.45, 2.75) is 38.8 Å². The van der Waals surface area contributed by atoms with Crippen LogP contribution in [0, 0.1) is 0 Å². The molecule has 2 aliphatic heterocycles. The van der Waals surface area contributed by atoms with Gasteiger partial charge in [-0.1, -0.05) is 18.7 Å². The molecule has 2 heterocycles. The van der Waals surface area contributed by atoms with E-state index < -0.39 is 0 Å². The van der Waals surface area contributed by atoms with Crippen molar-refractivity contribution in [3.63, 3.8) is 0 Å². The van der Waals surface area contributed by atoms with Crippen LogP contribution in [0.2, 0.25) is 0 Å². The van der Waals surface area contributed by atoms with E-state index in [1.165, 1.54) is 0 Å². The maximum atomic E-state index is 12.2. The van der Waals surface area contributed by atoms with Gasteiger partial charge < -0.3 is 15.0 Å². The fourth-order valence-corrected chi connectivity index (χ4v) is 3.38. The van der Waals surface area contributed by atoms with E-state index in [1.807, 2.05) is 11.8 Å². The van der Waals surface area contributed by atoms with Crippen molar-refractivity contribution in [2.75, 3.05) is 32.1 Å². The minimum absolute atomic E-state index is 0.100. The lowest BCUT2D eigenvalue weighted by molar-refractivity contribution is -0.136. The zero-order valence-corrected chi connectivity index (χ0v) is 12.8. The molecular weight excluding hydrogens is 262 g/mol. The summed E-state index contributed by atoms with van der Waals surface area (Å²) in [6.45, 7) is 8.86. The van der Waals surface area contributed by atoms with Gasteiger partial charge in [0, 0.05) is 24.4 Å². The molecule has 2 saturated heterocycles. The highest BCUT2D eigenvalue weighted by Crippen LogP contribution is 2.25. The Labute approximate surface area is 119 Å². The highest BCUT2D eigenvalue weighted by Gasteiger charge is 2.31. The summed E-state index contributed by atoms with van der Waals surface area (Å²) in [4.78, 5) is 18.6. The average Bonchev–Trinajstić information content (AvgIpc) is 2.81. The number of carbonyl (C=O) groups excluding carboxylic acids is 1. The molecule has 0 aromatic heterocycles. The van der Waals surface area contributed by atoms with Gasteiger partial charge in [-0.2, -0.15) is 0 Å². The molecule has 1 N–H and O–H groups in total. The van der Waals surface area contributed by atoms with Crippen LogP contribution >= 0.6 is 11.8 Å². The van der Waals surface area contributed by atoms with Crippen molar-refractivity contribution < 1.29 is 9.53 Å². The maximum absolute atomic E-state index is 12.2. The second kappa shape index (κ2) is 6.13. The zero-order chi connectivity index (χ0) is 13.9. The molecule has 2 rings (SSSR count). The van der Waals surface area contributed by atoms with Crippen molar-refractivity contribution in [3.05, 3.63) is 0 Å². The van der Waals surface area contributed by atoms with Crippen LogP contribution in [0.25, 0.3) is 0 Å². The molecule has 0 saturated carbocycles. The van der Waals surface area contributed by atoms with Crippen molar-refractivity contribution in [3.8, 4) is 0 Å². The lowest BCUT2D eigenvalue weighted by Crippen LogP contribution is -2.45. The first-order valence-electron chi connectivity index (χ1n) is 6.89. The highest BCUT2D eigenvalue weighted by molar-refractivity contribution is 8.14. The monoisotopic (exact) mass is 285 g/mol. The summed E-state index contributed by atoms with van der Waals surface area (Å²) >= 11 is 1.71. The number of aliphatic imine (C=N–C) groups is 1. The molecule has 0 aromatic carbocycles. The third-order valence-electron chi connectivity index (χ3n) is 3.71. The molecule has 2 unspecified atom stereocenters. The summed E-state index contributed by atoms with van der Waals surface area (Å²) in [6, 6.07) is -0.313. The third kappa shape index (κ3) is 3.63. The molecule has 2 atom stereocenters. The Morgan fingerprint density at radius 2 is 2.26 bits per heavy atom. The maximum Gasteiger partial charge on any atom is 0.247 e. The zero-order valence-electron chi connectivity index (χ0n) is 11.9. The number of amidine groups is 1. The SMILES string of the molecule is CCC1(C)CSC(=NC(C)C(=O)N2CCOCC2)N1. The molecule has 5 nitrogen and oxygen atoms in total. The molecule has 1 amide bonds. The third-order valence-corrected chi connectivity index (χ3v) is 4.97. The highest BCUT2D eigenvalue weighted by atomic mass is 32.2. The number of rotatable bonds is 3. The molecule has 0 aliphatic carbocycles. The Balaban J connectivity index is 1.93. The number of hydrogen-bond donors (Lipinski definition) is 1. The van der Waals surface area contributed by atoms with Crippen LogP contribution in [0.4, 0.5) is 0 Å². The average molecular weight is 285 g/mol. The van der Waals surface area contributed by atoms with Gasteiger partial charge in [0.15, 0.2) is 5.17 Å². The summed E-state index contributed by atoms with van der Waals surface area (Å²) in [5, 5.41) is 4.32. The van der Waals surface area contributed by atoms with E-state index in [9.17, 15) is 4.79 Å². The van der Waals surface area contributed by atoms with Gasteiger partial charge in [0.1, 0.15) is 6.04 Å². The first-order chi connectivity index (χ1) is 9.04. The van der Waals surface area contributed by atoms with Crippen LogP contribution < -0.4 is 5.32 Å². The second-order valence-corrected chi connectivity index (χ2v) is 6.34. The quantitative estimate of drug-likeness (QED) is 0.843. The van der Waals surface area contributed by atoms with Crippen LogP contribution in [-0.2, 0) is 9.53 Å². The van der Waals surface area contributed by atoms with Gasteiger partial charge in [-0.05, 0) is 20.3 Å². The largest absolute Gasteiger partial charge is 0.378 e. The number of nitrogens with one attached hydrogen (secondary N) is 1. The minimum atomic E-state index is -0.313. The first-order valence-corrected chi connectivity index (χ1v) is 7.88. The summed E-state index contributed by atoms with van der Waals surface area (Å²) in [5.41, 5.74) is 0.116. The molecule has 108 valence electrons. The van der Waals surface area contributed by atoms with Gasteiger partial charge in [-0.15, -0.1) is 0 Å². The van der Waals surface area contributed by atoms with Crippen molar-refractivity contribution in [1.82, 2.24) is 10.2 Å². The smallest absolute Gasteiger partial charge is 0.247 e. The van der Waals surface area contributed by atoms with Gasteiger partial charge in [-0.25, -0.2) is 4.99 Å². The number of ether oxygens (including phenoxy) is 1. The van der Waals surface area contributed by atoms with Gasteiger partial charge >= 0.3 is 0 Å². The fraction of sp³-hybridized carbons (Fsp3) is 0.846. The van der Waals surface area contributed by atoms with Gasteiger partial charge in [-0.3, -0.25) is 4.79 Å². The van der Waals surface area contributed by atoms with Gasteiger partial charge in [0.25, 0.3) is 0 Å². The Bertz CT molecular complexity index is 369. The molecule has 6 heteroatoms. The van der Waals surface area contributed by atoms with Crippen LogP contribution in [0.3, 0.4) is 0 Å². The Morgan fingerprint density at radius 3 is 2.84 bits per heavy atom. The van der Waals surface area contributed by atoms with Crippen LogP contribution in [0.5, 0.6) is 0 Å². The predicted molar refractivity (Wildman–Crippen MR) is 78.6 cm³/mol. The van der Waals surface area contributed by atoms with E-state index in [2.05, 4.69) is 24.2 Å². The van der Waals surface area contributed by atoms with Crippen molar-refractivity contribution >= 4 is 22.8 Å². The lowest BCUT2D eigenvalue weighted by atomic mass is 10.0. The Hall–Kier alpha value is -0.750. The summed E-state index contributed by atoms with van der Waals surface area (Å²) in [6.07, 6.45) is 1.06. The van der Waals surface area contributed by atoms with Crippen molar-refractivity contribution in [2.24, 2.45) is 4.99 Å². The summed E-state index contributed by atoms with van der Waals surface area (Å²) < 4.78 is 5.26. The van der Waals surface area contributed by atoms with Crippen molar-refractivity contribution in [1.29, 1.82) is 0 Å². The van der Waals surface area contributed by atoms with Crippen LogP contribution in [0.15, 0.2) is 4.99 Å². The molecule has 2 aliphatic rings. The first kappa shape index (κ1) is 14.7. The van der Waals surface area contributed by atoms with E-state index in [4.69, 9.17) is 4.74 Å². The number of hydrogen-bond acceptors (Lipinski definition) is 4. The molecule has 0 aromatic rings. The van der Waals surface area contributed by atoms with Gasteiger partial charge in [0.2, 0.25) is 5.91 Å². The molecule has 0 radical (unpaired) electrons. The predicted octanol–water partition coefficient (Wildman–Crippen LogP) is 1.09. The summed E-state index contributed by atoms with van der Waals surface area (Å²) in [7, 11) is 0. The molecule has 0 spiro atoms. The Kier molecular flexibility index (Phi) is 4.73. The molecular formula is C13H23N3O2S. The van der Waals surface area contributed by atoms with Crippen LogP contribution in [0.1, 0.15) is 27.2 Å². The topological polar surface area (TPSA) is 53.9 Å². The number of nitrogens with zero attached hydrogens (tertiary/aromatic N) is 2. The van der Waals surface area contributed by atoms with Crippen LogP contribution in [-0.4, -0.2) is 59.6 Å². The molecule has 2 fully saturated rings. The number of carbonyl (C=O) groups is 1. The van der Waals surface area contributed by atoms with E-state index in [0.717, 1.165) is 17.3 Å². The standard InChI is InChI=1S/C13H23N3O2S/c1-4-13(3)9-19-12(15-13)14-10(2)11(17)16-5-7-18-8-6-16/h10H,4-9H2,1-3H3,(H,14,15).